The zero-order valence-electron chi connectivity index (χ0n) is 17.4. The third-order valence-electron chi connectivity index (χ3n) is 0.707. The van der Waals surface area contributed by atoms with Crippen LogP contribution >= 0.6 is 0 Å². The molecule has 0 nitrogen and oxygen atoms in total. The summed E-state index contributed by atoms with van der Waals surface area (Å²) < 4.78 is 0. The Morgan fingerprint density at radius 3 is 0.700 bits per heavy atom. The minimum atomic E-state index is 0. The van der Waals surface area contributed by atoms with E-state index in [1.807, 2.05) is 27.7 Å². The van der Waals surface area contributed by atoms with E-state index in [0.29, 0.717) is 0 Å². The number of hydrogen-bond acceptors (Lipinski definition) is 0. The quantitative estimate of drug-likeness (QED) is 0.255. The van der Waals surface area contributed by atoms with E-state index < -0.39 is 0 Å². The molecule has 0 atom stereocenters. The molecule has 20 heavy (non-hydrogen) atoms. The van der Waals surface area contributed by atoms with Gasteiger partial charge in [-0.1, -0.05) is 54.4 Å². The van der Waals surface area contributed by atoms with Crippen LogP contribution in [0.3, 0.4) is 0 Å². The Morgan fingerprint density at radius 1 is 0.650 bits per heavy atom. The van der Waals surface area contributed by atoms with Crippen molar-refractivity contribution < 1.29 is 175 Å². The molecule has 0 amide bonds. The van der Waals surface area contributed by atoms with Gasteiger partial charge in [0.2, 0.25) is 0 Å². The predicted molar refractivity (Wildman–Crippen MR) is 91.3 cm³/mol. The molecule has 0 aromatic carbocycles. The van der Waals surface area contributed by atoms with Crippen molar-refractivity contribution in [2.45, 2.75) is 74.1 Å². The SMILES string of the molecule is C=C.CC.CC.[CH2-]C.[CH2-]CCC.[CH2-]CCC.[Rb+].[Rb+].[Rb+].[Rb]. The van der Waals surface area contributed by atoms with Crippen LogP contribution in [0.1, 0.15) is 74.1 Å². The molecule has 0 heterocycles. The smallest absolute Gasteiger partial charge is 0.346 e. The molecule has 0 aromatic heterocycles. The van der Waals surface area contributed by atoms with Crippen molar-refractivity contribution in [2.75, 3.05) is 0 Å². The van der Waals surface area contributed by atoms with Crippen LogP contribution < -0.4 is 175 Å². The Balaban J connectivity index is -0.00000000747. The van der Waals surface area contributed by atoms with Crippen molar-refractivity contribution in [3.05, 3.63) is 33.9 Å². The summed E-state index contributed by atoms with van der Waals surface area (Å²) in [6.45, 7) is 30.4. The molecule has 0 saturated carbocycles. The molecule has 0 aliphatic heterocycles. The maximum absolute atomic E-state index is 3.60. The Labute approximate surface area is 330 Å². The van der Waals surface area contributed by atoms with E-state index in [9.17, 15) is 0 Å². The molecule has 107 valence electrons. The summed E-state index contributed by atoms with van der Waals surface area (Å²) in [5.41, 5.74) is 0. The normalized spacial score (nSPS) is 4.10. The van der Waals surface area contributed by atoms with E-state index in [-0.39, 0.29) is 233 Å². The van der Waals surface area contributed by atoms with E-state index in [0.717, 1.165) is 12.8 Å². The Bertz CT molecular complexity index is 29.7. The van der Waals surface area contributed by atoms with Gasteiger partial charge >= 0.3 is 175 Å². The molecule has 0 spiro atoms. The van der Waals surface area contributed by atoms with Crippen LogP contribution in [0.5, 0.6) is 0 Å². The molecule has 0 saturated heterocycles. The van der Waals surface area contributed by atoms with E-state index >= 15 is 0 Å². The van der Waals surface area contributed by atoms with Crippen molar-refractivity contribution in [1.82, 2.24) is 0 Å². The largest absolute Gasteiger partial charge is 1.00 e. The van der Waals surface area contributed by atoms with Crippen LogP contribution in [0.25, 0.3) is 0 Å². The summed E-state index contributed by atoms with van der Waals surface area (Å²) in [4.78, 5) is 0. The summed E-state index contributed by atoms with van der Waals surface area (Å²) in [7, 11) is 0. The molecule has 0 rings (SSSR count). The summed E-state index contributed by atoms with van der Waals surface area (Å²) in [5, 5.41) is 0. The molecule has 1 radical (unpaired) electrons. The van der Waals surface area contributed by atoms with E-state index in [4.69, 9.17) is 0 Å². The number of hydrogen-bond donors (Lipinski definition) is 0. The summed E-state index contributed by atoms with van der Waals surface area (Å²) in [6.07, 6.45) is 4.56. The molecule has 0 aliphatic rings. The second kappa shape index (κ2) is 135. The molecule has 0 unspecified atom stereocenters. The number of unbranched alkanes of at least 4 members (excludes halogenated alkanes) is 2. The summed E-state index contributed by atoms with van der Waals surface area (Å²) in [5.74, 6) is 0. The summed E-state index contributed by atoms with van der Waals surface area (Å²) >= 11 is 0. The molecule has 0 bridgehead atoms. The Hall–Kier alpha value is 6.96. The second-order valence-corrected chi connectivity index (χ2v) is 1.71. The molecule has 4 heteroatoms. The molecular formula is C16H39Rb4. The maximum Gasteiger partial charge on any atom is 1.00 e. The molecule has 0 fully saturated rings. The fourth-order valence-corrected chi connectivity index (χ4v) is 0. The van der Waals surface area contributed by atoms with Gasteiger partial charge in [0.1, 0.15) is 0 Å². The van der Waals surface area contributed by atoms with Gasteiger partial charge in [-0.25, -0.2) is 0 Å². The van der Waals surface area contributed by atoms with Gasteiger partial charge in [0.05, 0.1) is 0 Å². The zero-order valence-corrected chi connectivity index (χ0v) is 37.0. The van der Waals surface area contributed by atoms with Gasteiger partial charge in [-0.2, -0.15) is 19.8 Å². The minimum Gasteiger partial charge on any atom is -0.346 e. The third kappa shape index (κ3) is 178. The van der Waals surface area contributed by atoms with Crippen molar-refractivity contribution >= 4 is 58.2 Å². The van der Waals surface area contributed by atoms with Crippen LogP contribution in [-0.2, 0) is 0 Å². The third-order valence-corrected chi connectivity index (χ3v) is 0.707. The average Bonchev–Trinajstić information content (AvgIpc) is 2.47. The first-order valence-corrected chi connectivity index (χ1v) is 6.62. The van der Waals surface area contributed by atoms with Crippen molar-refractivity contribution in [3.8, 4) is 0 Å². The summed E-state index contributed by atoms with van der Waals surface area (Å²) in [6, 6.07) is 0. The van der Waals surface area contributed by atoms with Gasteiger partial charge in [-0.3, -0.25) is 0 Å². The van der Waals surface area contributed by atoms with Crippen molar-refractivity contribution in [2.24, 2.45) is 0 Å². The molecule has 0 N–H and O–H groups in total. The van der Waals surface area contributed by atoms with Crippen LogP contribution in [0.4, 0.5) is 0 Å². The zero-order chi connectivity index (χ0) is 14.8. The minimum absolute atomic E-state index is 0. The van der Waals surface area contributed by atoms with Crippen LogP contribution in [0, 0.1) is 20.8 Å². The van der Waals surface area contributed by atoms with E-state index in [1.54, 1.807) is 6.92 Å². The van der Waals surface area contributed by atoms with Crippen LogP contribution in [0.15, 0.2) is 13.2 Å². The van der Waals surface area contributed by atoms with Gasteiger partial charge < -0.3 is 20.8 Å². The Morgan fingerprint density at radius 2 is 0.700 bits per heavy atom. The van der Waals surface area contributed by atoms with Gasteiger partial charge in [-0.05, 0) is 0 Å². The molecular weight excluding hydrogens is 534 g/mol. The van der Waals surface area contributed by atoms with Gasteiger partial charge in [0.15, 0.2) is 0 Å². The standard InChI is InChI=1S/2C4H9.2C2H6.C2H5.C2H4.4Rb/c2*1-3-4-2;4*1-2;;;;/h2*1,3-4H2,2H3;2*1-2H3;1H2,2H3;1-2H2;;;;/q2*-1;;;-1;;;3*+1. The first kappa shape index (κ1) is 63.2. The van der Waals surface area contributed by atoms with Gasteiger partial charge in [0.25, 0.3) is 0 Å². The van der Waals surface area contributed by atoms with Gasteiger partial charge in [-0.15, -0.1) is 13.2 Å². The fraction of sp³-hybridized carbons (Fsp3) is 0.688. The fourth-order valence-electron chi connectivity index (χ4n) is 0. The first-order chi connectivity index (χ1) is 7.83. The van der Waals surface area contributed by atoms with Crippen LogP contribution in [0.2, 0.25) is 0 Å². The topological polar surface area (TPSA) is 0 Å². The van der Waals surface area contributed by atoms with E-state index in [2.05, 4.69) is 47.8 Å². The molecule has 0 aliphatic carbocycles. The molecule has 0 aromatic rings. The van der Waals surface area contributed by atoms with Crippen molar-refractivity contribution in [3.63, 3.8) is 0 Å². The predicted octanol–water partition coefficient (Wildman–Crippen LogP) is -2.43. The van der Waals surface area contributed by atoms with E-state index in [1.165, 1.54) is 12.8 Å². The maximum atomic E-state index is 3.60. The Kier molecular flexibility index (Phi) is 425. The van der Waals surface area contributed by atoms with Crippen molar-refractivity contribution in [1.29, 1.82) is 0 Å². The van der Waals surface area contributed by atoms with Gasteiger partial charge in [0, 0.05) is 58.2 Å². The number of rotatable bonds is 2. The monoisotopic (exact) mass is 571 g/mol. The average molecular weight is 573 g/mol. The second-order valence-electron chi connectivity index (χ2n) is 1.71. The first-order valence-electron chi connectivity index (χ1n) is 6.62. The van der Waals surface area contributed by atoms with Crippen LogP contribution in [-0.4, -0.2) is 58.2 Å².